The van der Waals surface area contributed by atoms with Crippen LogP contribution in [0.25, 0.3) is 0 Å². The van der Waals surface area contributed by atoms with Crippen LogP contribution in [0.1, 0.15) is 66.2 Å². The minimum atomic E-state index is -2.69. The van der Waals surface area contributed by atoms with Crippen molar-refractivity contribution in [3.63, 3.8) is 0 Å². The summed E-state index contributed by atoms with van der Waals surface area (Å²) in [6.07, 6.45) is 6.64. The van der Waals surface area contributed by atoms with E-state index in [0.717, 1.165) is 38.5 Å². The maximum atomic E-state index is 11.0. The molecule has 6 nitrogen and oxygen atoms in total. The molecule has 4 N–H and O–H groups in total. The SMILES string of the molecule is CCCP(=O)(O)CCC.CCCP(=O)(O)CCC.OCCCCO. The number of rotatable bonds is 11. The second-order valence-electron chi connectivity index (χ2n) is 5.74. The molecule has 0 amide bonds. The first-order valence-corrected chi connectivity index (χ1v) is 13.1. The molecule has 8 heteroatoms. The Morgan fingerprint density at radius 1 is 0.583 bits per heavy atom. The van der Waals surface area contributed by atoms with Crippen molar-refractivity contribution in [2.45, 2.75) is 66.2 Å². The van der Waals surface area contributed by atoms with Crippen molar-refractivity contribution in [3.05, 3.63) is 0 Å². The van der Waals surface area contributed by atoms with Gasteiger partial charge in [0.25, 0.3) is 0 Å². The second-order valence-corrected chi connectivity index (χ2v) is 10.9. The van der Waals surface area contributed by atoms with Crippen LogP contribution >= 0.6 is 14.7 Å². The predicted octanol–water partition coefficient (Wildman–Crippen LogP) is 3.90. The van der Waals surface area contributed by atoms with Crippen LogP contribution in [-0.2, 0) is 9.13 Å². The Bertz CT molecular complexity index is 285. The van der Waals surface area contributed by atoms with Gasteiger partial charge in [-0.05, 0) is 38.5 Å². The number of aliphatic hydroxyl groups excluding tert-OH is 2. The summed E-state index contributed by atoms with van der Waals surface area (Å²) in [5.41, 5.74) is 0. The van der Waals surface area contributed by atoms with E-state index in [1.807, 2.05) is 27.7 Å². The number of hydrogen-bond donors (Lipinski definition) is 4. The van der Waals surface area contributed by atoms with Crippen LogP contribution in [0.2, 0.25) is 0 Å². The highest BCUT2D eigenvalue weighted by Crippen LogP contribution is 2.41. The molecule has 0 aromatic carbocycles. The maximum absolute atomic E-state index is 11.0. The highest BCUT2D eigenvalue weighted by Gasteiger charge is 2.14. The molecule has 0 saturated heterocycles. The first-order valence-electron chi connectivity index (χ1n) is 8.99. The molecule has 0 fully saturated rings. The lowest BCUT2D eigenvalue weighted by atomic mass is 10.3. The van der Waals surface area contributed by atoms with Crippen LogP contribution in [0.15, 0.2) is 0 Å². The van der Waals surface area contributed by atoms with Crippen molar-refractivity contribution in [1.82, 2.24) is 0 Å². The van der Waals surface area contributed by atoms with Gasteiger partial charge in [-0.15, -0.1) is 0 Å². The van der Waals surface area contributed by atoms with Gasteiger partial charge in [0, 0.05) is 37.9 Å². The fourth-order valence-electron chi connectivity index (χ4n) is 1.84. The van der Waals surface area contributed by atoms with Gasteiger partial charge in [-0.3, -0.25) is 9.13 Å². The Morgan fingerprint density at radius 2 is 0.792 bits per heavy atom. The third-order valence-electron chi connectivity index (χ3n) is 2.86. The average Bonchev–Trinajstić information content (AvgIpc) is 2.46. The van der Waals surface area contributed by atoms with Gasteiger partial charge in [-0.25, -0.2) is 0 Å². The van der Waals surface area contributed by atoms with Gasteiger partial charge in [0.2, 0.25) is 14.7 Å². The lowest BCUT2D eigenvalue weighted by Crippen LogP contribution is -1.91. The van der Waals surface area contributed by atoms with Crippen LogP contribution < -0.4 is 0 Å². The van der Waals surface area contributed by atoms with Gasteiger partial charge in [0.1, 0.15) is 0 Å². The van der Waals surface area contributed by atoms with Crippen LogP contribution in [0.4, 0.5) is 0 Å². The topological polar surface area (TPSA) is 115 Å². The van der Waals surface area contributed by atoms with E-state index in [-0.39, 0.29) is 13.2 Å². The van der Waals surface area contributed by atoms with Crippen molar-refractivity contribution < 1.29 is 29.1 Å². The Kier molecular flexibility index (Phi) is 23.8. The van der Waals surface area contributed by atoms with E-state index in [2.05, 4.69) is 0 Å². The first kappa shape index (κ1) is 29.1. The van der Waals surface area contributed by atoms with Crippen molar-refractivity contribution >= 4 is 14.7 Å². The molecule has 0 spiro atoms. The molecule has 0 rings (SSSR count). The van der Waals surface area contributed by atoms with Gasteiger partial charge >= 0.3 is 0 Å². The van der Waals surface area contributed by atoms with E-state index >= 15 is 0 Å². The monoisotopic (exact) mass is 390 g/mol. The van der Waals surface area contributed by atoms with Crippen molar-refractivity contribution in [3.8, 4) is 0 Å². The van der Waals surface area contributed by atoms with Crippen molar-refractivity contribution in [1.29, 1.82) is 0 Å². The Hall–Kier alpha value is 0.300. The summed E-state index contributed by atoms with van der Waals surface area (Å²) in [5.74, 6) is 0. The average molecular weight is 390 g/mol. The Balaban J connectivity index is -0.000000282. The lowest BCUT2D eigenvalue weighted by molar-refractivity contribution is 0.242. The molecule has 150 valence electrons. The summed E-state index contributed by atoms with van der Waals surface area (Å²) in [6, 6.07) is 0. The number of hydrogen-bond acceptors (Lipinski definition) is 4. The third kappa shape index (κ3) is 27.2. The highest BCUT2D eigenvalue weighted by atomic mass is 31.2. The van der Waals surface area contributed by atoms with E-state index in [0.29, 0.717) is 24.6 Å². The first-order chi connectivity index (χ1) is 11.2. The summed E-state index contributed by atoms with van der Waals surface area (Å²) in [4.78, 5) is 18.1. The van der Waals surface area contributed by atoms with Gasteiger partial charge in [-0.1, -0.05) is 27.7 Å². The zero-order valence-electron chi connectivity index (χ0n) is 16.0. The van der Waals surface area contributed by atoms with E-state index in [1.165, 1.54) is 0 Å². The van der Waals surface area contributed by atoms with Gasteiger partial charge in [0.15, 0.2) is 0 Å². The summed E-state index contributed by atoms with van der Waals surface area (Å²) in [5, 5.41) is 16.2. The normalized spacial score (nSPS) is 11.2. The van der Waals surface area contributed by atoms with E-state index in [4.69, 9.17) is 20.0 Å². The molecule has 24 heavy (non-hydrogen) atoms. The summed E-state index contributed by atoms with van der Waals surface area (Å²) < 4.78 is 21.9. The highest BCUT2D eigenvalue weighted by molar-refractivity contribution is 7.58. The van der Waals surface area contributed by atoms with Crippen LogP contribution in [0, 0.1) is 0 Å². The molecular formula is C16H40O6P2. The summed E-state index contributed by atoms with van der Waals surface area (Å²) in [6.45, 7) is 8.11. The Labute approximate surface area is 148 Å². The molecule has 0 unspecified atom stereocenters. The second kappa shape index (κ2) is 19.6. The quantitative estimate of drug-likeness (QED) is 0.314. The van der Waals surface area contributed by atoms with Gasteiger partial charge in [0.05, 0.1) is 0 Å². The minimum absolute atomic E-state index is 0.195. The lowest BCUT2D eigenvalue weighted by Gasteiger charge is -2.06. The molecule has 0 radical (unpaired) electrons. The smallest absolute Gasteiger partial charge is 0.200 e. The van der Waals surface area contributed by atoms with Crippen LogP contribution in [0.3, 0.4) is 0 Å². The standard InChI is InChI=1S/2C6H15O2P.C4H10O2/c2*1-3-5-9(7,8)6-4-2;5-3-1-2-4-6/h2*3-6H2,1-2H3,(H,7,8);5-6H,1-4H2. The predicted molar refractivity (Wildman–Crippen MR) is 104 cm³/mol. The van der Waals surface area contributed by atoms with Gasteiger partial charge in [-0.2, -0.15) is 0 Å². The van der Waals surface area contributed by atoms with Gasteiger partial charge < -0.3 is 20.0 Å². The molecule has 0 aromatic heterocycles. The molecule has 0 heterocycles. The largest absolute Gasteiger partial charge is 0.396 e. The summed E-state index contributed by atoms with van der Waals surface area (Å²) >= 11 is 0. The van der Waals surface area contributed by atoms with Crippen molar-refractivity contribution in [2.75, 3.05) is 37.9 Å². The molecule has 0 aliphatic heterocycles. The Morgan fingerprint density at radius 3 is 0.917 bits per heavy atom. The van der Waals surface area contributed by atoms with Crippen LogP contribution in [0.5, 0.6) is 0 Å². The maximum Gasteiger partial charge on any atom is 0.200 e. The summed E-state index contributed by atoms with van der Waals surface area (Å²) in [7, 11) is -5.39. The number of unbranched alkanes of at least 4 members (excludes halogenated alkanes) is 1. The molecule has 0 aliphatic carbocycles. The van der Waals surface area contributed by atoms with E-state index < -0.39 is 14.7 Å². The molecule has 0 bridgehead atoms. The minimum Gasteiger partial charge on any atom is -0.396 e. The molecular weight excluding hydrogens is 350 g/mol. The molecule has 0 aromatic rings. The van der Waals surface area contributed by atoms with E-state index in [1.54, 1.807) is 0 Å². The number of aliphatic hydroxyl groups is 2. The van der Waals surface area contributed by atoms with Crippen LogP contribution in [-0.4, -0.2) is 57.9 Å². The third-order valence-corrected chi connectivity index (χ3v) is 7.44. The molecule has 0 aliphatic rings. The zero-order chi connectivity index (χ0) is 19.5. The molecule has 0 atom stereocenters. The molecule has 0 saturated carbocycles. The van der Waals surface area contributed by atoms with E-state index in [9.17, 15) is 9.13 Å². The zero-order valence-corrected chi connectivity index (χ0v) is 17.8. The fraction of sp³-hybridized carbons (Fsp3) is 1.00. The fourth-order valence-corrected chi connectivity index (χ4v) is 5.09. The van der Waals surface area contributed by atoms with Crippen molar-refractivity contribution in [2.24, 2.45) is 0 Å².